The smallest absolute Gasteiger partial charge is 0.258 e. The fourth-order valence-corrected chi connectivity index (χ4v) is 6.40. The van der Waals surface area contributed by atoms with E-state index in [0.29, 0.717) is 17.4 Å². The molecule has 0 unspecified atom stereocenters. The minimum atomic E-state index is -0.643. The van der Waals surface area contributed by atoms with Gasteiger partial charge in [0.2, 0.25) is 5.91 Å². The molecule has 168 valence electrons. The second-order valence-electron chi connectivity index (χ2n) is 10.0. The van der Waals surface area contributed by atoms with Crippen molar-refractivity contribution in [1.82, 2.24) is 15.5 Å². The van der Waals surface area contributed by atoms with E-state index in [2.05, 4.69) is 22.5 Å². The van der Waals surface area contributed by atoms with Crippen LogP contribution in [-0.4, -0.2) is 48.1 Å². The van der Waals surface area contributed by atoms with Gasteiger partial charge < -0.3 is 20.3 Å². The molecule has 1 aromatic carbocycles. The van der Waals surface area contributed by atoms with Crippen LogP contribution < -0.4 is 15.4 Å². The minimum Gasteiger partial charge on any atom is -0.467 e. The van der Waals surface area contributed by atoms with Crippen molar-refractivity contribution in [3.63, 3.8) is 0 Å². The van der Waals surface area contributed by atoms with Crippen molar-refractivity contribution in [2.75, 3.05) is 19.6 Å². The number of nitrogens with one attached hydrogen (secondary N) is 2. The molecule has 6 rings (SSSR count). The van der Waals surface area contributed by atoms with E-state index in [4.69, 9.17) is 4.74 Å². The second kappa shape index (κ2) is 8.45. The second-order valence-corrected chi connectivity index (χ2v) is 10.0. The maximum absolute atomic E-state index is 13.0. The lowest BCUT2D eigenvalue weighted by Crippen LogP contribution is -2.66. The van der Waals surface area contributed by atoms with Crippen molar-refractivity contribution < 1.29 is 14.3 Å². The van der Waals surface area contributed by atoms with Gasteiger partial charge in [-0.25, -0.2) is 0 Å². The number of nitrogens with zero attached hydrogens (tertiary/aromatic N) is 1. The topological polar surface area (TPSA) is 70.7 Å². The Morgan fingerprint density at radius 3 is 2.94 bits per heavy atom. The van der Waals surface area contributed by atoms with E-state index in [9.17, 15) is 9.59 Å². The number of carbonyl (C=O) groups excluding carboxylic acids is 2. The lowest BCUT2D eigenvalue weighted by atomic mass is 9.60. The number of likely N-dealkylation sites (tertiary alicyclic amines) is 1. The summed E-state index contributed by atoms with van der Waals surface area (Å²) in [6, 6.07) is 8.13. The van der Waals surface area contributed by atoms with Crippen LogP contribution in [0.15, 0.2) is 24.3 Å². The summed E-state index contributed by atoms with van der Waals surface area (Å²) in [5.74, 6) is 1.29. The summed E-state index contributed by atoms with van der Waals surface area (Å²) in [6.45, 7) is 5.33. The van der Waals surface area contributed by atoms with Crippen LogP contribution in [0.5, 0.6) is 5.75 Å². The quantitative estimate of drug-likeness (QED) is 0.710. The molecule has 0 radical (unpaired) electrons. The number of hydrogen-bond donors (Lipinski definition) is 2. The van der Waals surface area contributed by atoms with Crippen LogP contribution in [0.3, 0.4) is 0 Å². The van der Waals surface area contributed by atoms with E-state index < -0.39 is 5.72 Å². The van der Waals surface area contributed by atoms with Gasteiger partial charge in [-0.3, -0.25) is 9.59 Å². The SMILES string of the molecule is C[C@@H]1CCCCN1CCCNC(=O)[C@@H]1C[C@H]2CC[C@H]1C[C@@]21NC(=O)c2ccccc2O1. The lowest BCUT2D eigenvalue weighted by Gasteiger charge is -2.55. The number of fused-ring (bicyclic) bond motifs is 3. The summed E-state index contributed by atoms with van der Waals surface area (Å²) >= 11 is 0. The highest BCUT2D eigenvalue weighted by Gasteiger charge is 2.57. The highest BCUT2D eigenvalue weighted by molar-refractivity contribution is 5.98. The molecule has 1 aromatic rings. The molecule has 2 aliphatic heterocycles. The Balaban J connectivity index is 1.16. The number of ether oxygens (including phenoxy) is 1. The highest BCUT2D eigenvalue weighted by atomic mass is 16.5. The third kappa shape index (κ3) is 3.95. The zero-order valence-electron chi connectivity index (χ0n) is 18.6. The number of piperidine rings is 1. The predicted molar refractivity (Wildman–Crippen MR) is 119 cm³/mol. The van der Waals surface area contributed by atoms with Crippen LogP contribution in [0, 0.1) is 17.8 Å². The van der Waals surface area contributed by atoms with E-state index in [0.717, 1.165) is 45.2 Å². The molecule has 2 bridgehead atoms. The van der Waals surface area contributed by atoms with Crippen molar-refractivity contribution in [2.45, 2.75) is 70.1 Å². The third-order valence-corrected chi connectivity index (χ3v) is 8.17. The Labute approximate surface area is 185 Å². The summed E-state index contributed by atoms with van der Waals surface area (Å²) in [7, 11) is 0. The van der Waals surface area contributed by atoms with E-state index in [-0.39, 0.29) is 29.6 Å². The van der Waals surface area contributed by atoms with Gasteiger partial charge in [-0.1, -0.05) is 18.6 Å². The van der Waals surface area contributed by atoms with Crippen molar-refractivity contribution in [1.29, 1.82) is 0 Å². The first kappa shape index (κ1) is 20.8. The number of para-hydroxylation sites is 1. The van der Waals surface area contributed by atoms with Crippen LogP contribution in [0.2, 0.25) is 0 Å². The van der Waals surface area contributed by atoms with Crippen molar-refractivity contribution in [3.05, 3.63) is 29.8 Å². The molecule has 3 saturated carbocycles. The maximum Gasteiger partial charge on any atom is 0.258 e. The largest absolute Gasteiger partial charge is 0.467 e. The average molecular weight is 426 g/mol. The first-order chi connectivity index (χ1) is 15.1. The van der Waals surface area contributed by atoms with Gasteiger partial charge in [0.25, 0.3) is 5.91 Å². The molecule has 4 fully saturated rings. The van der Waals surface area contributed by atoms with Gasteiger partial charge in [0.1, 0.15) is 5.75 Å². The van der Waals surface area contributed by atoms with Crippen LogP contribution in [0.25, 0.3) is 0 Å². The fraction of sp³-hybridized carbons (Fsp3) is 0.680. The first-order valence-electron chi connectivity index (χ1n) is 12.2. The summed E-state index contributed by atoms with van der Waals surface area (Å²) < 4.78 is 6.40. The summed E-state index contributed by atoms with van der Waals surface area (Å²) in [6.07, 6.45) is 8.51. The van der Waals surface area contributed by atoms with Gasteiger partial charge in [-0.15, -0.1) is 0 Å². The molecule has 5 atom stereocenters. The molecular formula is C25H35N3O3. The van der Waals surface area contributed by atoms with Gasteiger partial charge in [-0.2, -0.15) is 0 Å². The lowest BCUT2D eigenvalue weighted by molar-refractivity contribution is -0.146. The fourth-order valence-electron chi connectivity index (χ4n) is 6.40. The van der Waals surface area contributed by atoms with Crippen molar-refractivity contribution >= 4 is 11.8 Å². The number of rotatable bonds is 5. The van der Waals surface area contributed by atoms with Crippen LogP contribution in [0.4, 0.5) is 0 Å². The standard InChI is InChI=1S/C25H35N3O3/c1-17-7-4-5-13-28(17)14-6-12-26-23(29)21-15-19-11-10-18(21)16-25(19)27-24(30)20-8-2-3-9-22(20)31-25/h2-3,8-9,17-19,21H,4-7,10-16H2,1H3,(H,26,29)(H,27,30)/t17-,18+,19-,21-,25+/m1/s1. The molecule has 6 heteroatoms. The molecule has 31 heavy (non-hydrogen) atoms. The maximum atomic E-state index is 13.0. The monoisotopic (exact) mass is 425 g/mol. The Morgan fingerprint density at radius 1 is 1.26 bits per heavy atom. The van der Waals surface area contributed by atoms with Gasteiger partial charge >= 0.3 is 0 Å². The van der Waals surface area contributed by atoms with Crippen molar-refractivity contribution in [2.24, 2.45) is 17.8 Å². The minimum absolute atomic E-state index is 0.0379. The van der Waals surface area contributed by atoms with Gasteiger partial charge in [0.05, 0.1) is 5.56 Å². The van der Waals surface area contributed by atoms with Gasteiger partial charge in [0, 0.05) is 37.4 Å². The molecule has 0 aromatic heterocycles. The highest BCUT2D eigenvalue weighted by Crippen LogP contribution is 2.52. The molecule has 6 nitrogen and oxygen atoms in total. The molecule has 1 saturated heterocycles. The van der Waals surface area contributed by atoms with E-state index in [1.807, 2.05) is 18.2 Å². The number of benzene rings is 1. The normalized spacial score (nSPS) is 34.7. The molecule has 5 aliphatic rings. The number of hydrogen-bond acceptors (Lipinski definition) is 4. The Hall–Kier alpha value is -2.08. The van der Waals surface area contributed by atoms with Crippen LogP contribution in [-0.2, 0) is 4.79 Å². The molecule has 2 heterocycles. The van der Waals surface area contributed by atoms with Crippen molar-refractivity contribution in [3.8, 4) is 5.75 Å². The molecule has 1 spiro atoms. The van der Waals surface area contributed by atoms with E-state index in [1.54, 1.807) is 6.07 Å². The van der Waals surface area contributed by atoms with Gasteiger partial charge in [-0.05, 0) is 70.0 Å². The molecular weight excluding hydrogens is 390 g/mol. The van der Waals surface area contributed by atoms with E-state index in [1.165, 1.54) is 25.8 Å². The average Bonchev–Trinajstić information content (AvgIpc) is 2.78. The van der Waals surface area contributed by atoms with Gasteiger partial charge in [0.15, 0.2) is 5.72 Å². The first-order valence-corrected chi connectivity index (χ1v) is 12.2. The third-order valence-electron chi connectivity index (χ3n) is 8.17. The van der Waals surface area contributed by atoms with Crippen LogP contribution in [0.1, 0.15) is 68.6 Å². The summed E-state index contributed by atoms with van der Waals surface area (Å²) in [5.41, 5.74) is -0.0397. The van der Waals surface area contributed by atoms with Crippen LogP contribution >= 0.6 is 0 Å². The Kier molecular flexibility index (Phi) is 5.67. The zero-order valence-corrected chi connectivity index (χ0v) is 18.6. The Bertz CT molecular complexity index is 843. The molecule has 3 aliphatic carbocycles. The molecule has 2 amide bonds. The predicted octanol–water partition coefficient (Wildman–Crippen LogP) is 3.32. The van der Waals surface area contributed by atoms with E-state index >= 15 is 0 Å². The summed E-state index contributed by atoms with van der Waals surface area (Å²) in [4.78, 5) is 28.2. The number of carbonyl (C=O) groups is 2. The Morgan fingerprint density at radius 2 is 2.13 bits per heavy atom. The number of amides is 2. The zero-order chi connectivity index (χ0) is 21.4. The molecule has 2 N–H and O–H groups in total. The summed E-state index contributed by atoms with van der Waals surface area (Å²) in [5, 5.41) is 6.39.